The van der Waals surface area contributed by atoms with E-state index in [-0.39, 0.29) is 24.5 Å². The lowest BCUT2D eigenvalue weighted by atomic mass is 9.76. The molecule has 3 atom stereocenters. The summed E-state index contributed by atoms with van der Waals surface area (Å²) in [5.41, 5.74) is 0.415. The molecular formula is C27H43N3O4. The van der Waals surface area contributed by atoms with Crippen LogP contribution in [-0.4, -0.2) is 61.5 Å². The van der Waals surface area contributed by atoms with Gasteiger partial charge in [0.1, 0.15) is 6.04 Å². The van der Waals surface area contributed by atoms with Crippen molar-refractivity contribution < 1.29 is 19.1 Å². The zero-order valence-electron chi connectivity index (χ0n) is 22.5. The Labute approximate surface area is 205 Å². The predicted octanol–water partition coefficient (Wildman–Crippen LogP) is 3.44. The van der Waals surface area contributed by atoms with Gasteiger partial charge in [0.2, 0.25) is 11.8 Å². The summed E-state index contributed by atoms with van der Waals surface area (Å²) >= 11 is 0. The van der Waals surface area contributed by atoms with Crippen LogP contribution in [0.15, 0.2) is 42.0 Å². The molecule has 0 bridgehead atoms. The zero-order valence-corrected chi connectivity index (χ0v) is 22.5. The minimum Gasteiger partial charge on any atom is -0.463 e. The van der Waals surface area contributed by atoms with Crippen molar-refractivity contribution in [2.45, 2.75) is 78.9 Å². The molecular weight excluding hydrogens is 430 g/mol. The Balaban J connectivity index is 3.15. The second-order valence-corrected chi connectivity index (χ2v) is 10.4. The van der Waals surface area contributed by atoms with Gasteiger partial charge in [0.05, 0.1) is 12.6 Å². The van der Waals surface area contributed by atoms with Crippen LogP contribution in [0.1, 0.15) is 61.0 Å². The van der Waals surface area contributed by atoms with Gasteiger partial charge in [0, 0.05) is 24.1 Å². The molecule has 7 heteroatoms. The van der Waals surface area contributed by atoms with E-state index in [9.17, 15) is 14.4 Å². The van der Waals surface area contributed by atoms with E-state index in [1.54, 1.807) is 38.9 Å². The quantitative estimate of drug-likeness (QED) is 0.402. The number of nitrogens with one attached hydrogen (secondary N) is 2. The van der Waals surface area contributed by atoms with E-state index in [4.69, 9.17) is 4.74 Å². The molecule has 0 aliphatic carbocycles. The highest BCUT2D eigenvalue weighted by Gasteiger charge is 2.41. The first-order chi connectivity index (χ1) is 15.7. The molecule has 190 valence electrons. The smallest absolute Gasteiger partial charge is 0.333 e. The fourth-order valence-corrected chi connectivity index (χ4v) is 3.92. The Morgan fingerprint density at radius 2 is 1.62 bits per heavy atom. The largest absolute Gasteiger partial charge is 0.463 e. The van der Waals surface area contributed by atoms with Crippen molar-refractivity contribution in [2.24, 2.45) is 5.41 Å². The monoisotopic (exact) mass is 473 g/mol. The average Bonchev–Trinajstić information content (AvgIpc) is 2.76. The number of carbonyl (C=O) groups is 3. The maximum Gasteiger partial charge on any atom is 0.333 e. The Bertz CT molecular complexity index is 872. The van der Waals surface area contributed by atoms with Gasteiger partial charge in [-0.1, -0.05) is 71.0 Å². The molecule has 0 radical (unpaired) electrons. The molecule has 0 fully saturated rings. The van der Waals surface area contributed by atoms with Crippen LogP contribution >= 0.6 is 0 Å². The molecule has 34 heavy (non-hydrogen) atoms. The number of ether oxygens (including phenoxy) is 1. The fraction of sp³-hybridized carbons (Fsp3) is 0.593. The summed E-state index contributed by atoms with van der Waals surface area (Å²) in [6.07, 6.45) is 1.70. The van der Waals surface area contributed by atoms with Gasteiger partial charge in [0.25, 0.3) is 0 Å². The first-order valence-corrected chi connectivity index (χ1v) is 11.8. The van der Waals surface area contributed by atoms with Gasteiger partial charge in [-0.3, -0.25) is 9.59 Å². The van der Waals surface area contributed by atoms with Crippen molar-refractivity contribution in [3.63, 3.8) is 0 Å². The first kappa shape index (κ1) is 29.4. The number of likely N-dealkylation sites (N-methyl/N-ethyl adjacent to an activating group) is 2. The standard InChI is InChI=1S/C27H43N3O4/c1-11-34-25(33)18(2)17-19(3)30(10)24(32)22(26(4,5)6)29-23(31)21(28-9)27(7,8)20-15-13-12-14-16-20/h12-17,19,21-22,28H,11H2,1-10H3,(H,29,31)/b18-17+/t19-,21?,22+/m0/s1. The third-order valence-electron chi connectivity index (χ3n) is 6.24. The van der Waals surface area contributed by atoms with E-state index in [0.29, 0.717) is 5.57 Å². The molecule has 0 spiro atoms. The summed E-state index contributed by atoms with van der Waals surface area (Å²) in [5.74, 6) is -0.881. The SMILES string of the molecule is CCOC(=O)/C(C)=C/[C@H](C)N(C)C(=O)[C@@H](NC(=O)C(NC)C(C)(C)c1ccccc1)C(C)(C)C. The third kappa shape index (κ3) is 7.42. The summed E-state index contributed by atoms with van der Waals surface area (Å²) in [4.78, 5) is 40.5. The number of amides is 2. The minimum atomic E-state index is -0.758. The molecule has 1 aromatic rings. The van der Waals surface area contributed by atoms with Gasteiger partial charge >= 0.3 is 5.97 Å². The normalized spacial score (nSPS) is 15.2. The van der Waals surface area contributed by atoms with Crippen LogP contribution < -0.4 is 10.6 Å². The Hall–Kier alpha value is -2.67. The third-order valence-corrected chi connectivity index (χ3v) is 6.24. The molecule has 0 aliphatic heterocycles. The van der Waals surface area contributed by atoms with Gasteiger partial charge in [-0.15, -0.1) is 0 Å². The zero-order chi connectivity index (χ0) is 26.3. The number of benzene rings is 1. The molecule has 2 N–H and O–H groups in total. The summed E-state index contributed by atoms with van der Waals surface area (Å²) in [6, 6.07) is 8.16. The summed E-state index contributed by atoms with van der Waals surface area (Å²) in [6.45, 7) is 15.3. The molecule has 1 rings (SSSR count). The number of rotatable bonds is 10. The van der Waals surface area contributed by atoms with Gasteiger partial charge in [0.15, 0.2) is 0 Å². The molecule has 0 aromatic heterocycles. The molecule has 0 heterocycles. The second kappa shape index (κ2) is 12.2. The maximum absolute atomic E-state index is 13.5. The summed E-state index contributed by atoms with van der Waals surface area (Å²) in [5, 5.41) is 6.15. The predicted molar refractivity (Wildman–Crippen MR) is 136 cm³/mol. The van der Waals surface area contributed by atoms with Crippen molar-refractivity contribution in [2.75, 3.05) is 20.7 Å². The van der Waals surface area contributed by atoms with Gasteiger partial charge < -0.3 is 20.3 Å². The number of hydrogen-bond acceptors (Lipinski definition) is 5. The molecule has 2 amide bonds. The highest BCUT2D eigenvalue weighted by Crippen LogP contribution is 2.28. The Morgan fingerprint density at radius 1 is 1.06 bits per heavy atom. The molecule has 0 aliphatic rings. The van der Waals surface area contributed by atoms with Gasteiger partial charge in [-0.25, -0.2) is 4.79 Å². The van der Waals surface area contributed by atoms with Gasteiger partial charge in [-0.2, -0.15) is 0 Å². The number of carbonyl (C=O) groups excluding carboxylic acids is 3. The molecule has 7 nitrogen and oxygen atoms in total. The van der Waals surface area contributed by atoms with Crippen LogP contribution in [0.3, 0.4) is 0 Å². The number of esters is 1. The second-order valence-electron chi connectivity index (χ2n) is 10.4. The fourth-order valence-electron chi connectivity index (χ4n) is 3.92. The van der Waals surface area contributed by atoms with E-state index < -0.39 is 28.9 Å². The topological polar surface area (TPSA) is 87.7 Å². The van der Waals surface area contributed by atoms with Crippen LogP contribution in [0, 0.1) is 5.41 Å². The van der Waals surface area contributed by atoms with E-state index in [2.05, 4.69) is 10.6 Å². The van der Waals surface area contributed by atoms with Crippen molar-refractivity contribution in [3.8, 4) is 0 Å². The minimum absolute atomic E-state index is 0.228. The van der Waals surface area contributed by atoms with Crippen molar-refractivity contribution >= 4 is 17.8 Å². The molecule has 1 aromatic carbocycles. The van der Waals surface area contributed by atoms with Gasteiger partial charge in [-0.05, 0) is 38.8 Å². The first-order valence-electron chi connectivity index (χ1n) is 11.8. The number of hydrogen-bond donors (Lipinski definition) is 2. The number of nitrogens with zero attached hydrogens (tertiary/aromatic N) is 1. The Kier molecular flexibility index (Phi) is 10.5. The van der Waals surface area contributed by atoms with Crippen molar-refractivity contribution in [1.82, 2.24) is 15.5 Å². The van der Waals surface area contributed by atoms with Crippen molar-refractivity contribution in [3.05, 3.63) is 47.5 Å². The lowest BCUT2D eigenvalue weighted by Gasteiger charge is -2.38. The van der Waals surface area contributed by atoms with E-state index >= 15 is 0 Å². The van der Waals surface area contributed by atoms with E-state index in [1.165, 1.54) is 0 Å². The highest BCUT2D eigenvalue weighted by atomic mass is 16.5. The molecule has 1 unspecified atom stereocenters. The van der Waals surface area contributed by atoms with Crippen LogP contribution in [0.4, 0.5) is 0 Å². The lowest BCUT2D eigenvalue weighted by Crippen LogP contribution is -2.61. The van der Waals surface area contributed by atoms with E-state index in [0.717, 1.165) is 5.56 Å². The highest BCUT2D eigenvalue weighted by molar-refractivity contribution is 5.92. The average molecular weight is 474 g/mol. The van der Waals surface area contributed by atoms with Crippen LogP contribution in [0.5, 0.6) is 0 Å². The molecule has 0 saturated heterocycles. The van der Waals surface area contributed by atoms with Crippen LogP contribution in [0.25, 0.3) is 0 Å². The lowest BCUT2D eigenvalue weighted by molar-refractivity contribution is -0.140. The van der Waals surface area contributed by atoms with Crippen LogP contribution in [0.2, 0.25) is 0 Å². The van der Waals surface area contributed by atoms with Crippen molar-refractivity contribution in [1.29, 1.82) is 0 Å². The molecule has 0 saturated carbocycles. The Morgan fingerprint density at radius 3 is 2.09 bits per heavy atom. The van der Waals surface area contributed by atoms with E-state index in [1.807, 2.05) is 71.9 Å². The summed E-state index contributed by atoms with van der Waals surface area (Å²) in [7, 11) is 3.43. The maximum atomic E-state index is 13.5. The summed E-state index contributed by atoms with van der Waals surface area (Å²) < 4.78 is 5.03. The van der Waals surface area contributed by atoms with Crippen LogP contribution in [-0.2, 0) is 24.5 Å².